The number of likely N-dealkylation sites (N-methyl/N-ethyl adjacent to an activating group) is 1. The average Bonchev–Trinajstić information content (AvgIpc) is 3.06. The number of benzene rings is 2. The Balaban J connectivity index is 1.47. The fraction of sp³-hybridized carbons (Fsp3) is 0.500. The molecule has 2 aromatic carbocycles. The third kappa shape index (κ3) is 5.07. The van der Waals surface area contributed by atoms with Gasteiger partial charge in [0.05, 0.1) is 20.1 Å². The molecule has 0 aliphatic carbocycles. The first-order valence-corrected chi connectivity index (χ1v) is 11.9. The Morgan fingerprint density at radius 3 is 2.55 bits per heavy atom. The number of hydrogen-bond acceptors (Lipinski definition) is 3. The van der Waals surface area contributed by atoms with Crippen molar-refractivity contribution in [1.29, 1.82) is 0 Å². The van der Waals surface area contributed by atoms with Gasteiger partial charge in [-0.1, -0.05) is 62.4 Å². The fourth-order valence-electron chi connectivity index (χ4n) is 5.09. The zero-order valence-corrected chi connectivity index (χ0v) is 19.4. The van der Waals surface area contributed by atoms with E-state index in [0.717, 1.165) is 48.0 Å². The first kappa shape index (κ1) is 22.2. The molecule has 0 amide bonds. The quantitative estimate of drug-likeness (QED) is 0.261. The topological polar surface area (TPSA) is 35.5 Å². The zero-order chi connectivity index (χ0) is 21.8. The number of fused-ring (bicyclic) bond motifs is 5. The number of hydrogen-bond donors (Lipinski definition) is 0. The number of quaternary nitrogens is 1. The van der Waals surface area contributed by atoms with Gasteiger partial charge in [-0.05, 0) is 30.7 Å². The number of nitrogens with zero attached hydrogens (tertiary/aromatic N) is 1. The van der Waals surface area contributed by atoms with E-state index < -0.39 is 0 Å². The summed E-state index contributed by atoms with van der Waals surface area (Å²) < 4.78 is 12.7. The summed E-state index contributed by atoms with van der Waals surface area (Å²) in [6.07, 6.45) is 6.20. The predicted molar refractivity (Wildman–Crippen MR) is 124 cm³/mol. The van der Waals surface area contributed by atoms with Crippen LogP contribution in [0.15, 0.2) is 42.5 Å². The molecule has 1 fully saturated rings. The number of carbonyl (C=O) groups is 1. The Morgan fingerprint density at radius 1 is 1.03 bits per heavy atom. The number of unbranched alkanes of at least 4 members (excludes halogenated alkanes) is 4. The zero-order valence-electron chi connectivity index (χ0n) is 18.6. The van der Waals surface area contributed by atoms with Gasteiger partial charge in [0.2, 0.25) is 6.73 Å². The van der Waals surface area contributed by atoms with Crippen molar-refractivity contribution in [3.8, 4) is 11.5 Å². The molecule has 0 saturated carbocycles. The molecular weight excluding hydrogens is 410 g/mol. The maximum absolute atomic E-state index is 12.3. The Kier molecular flexibility index (Phi) is 6.88. The highest BCUT2D eigenvalue weighted by molar-refractivity contribution is 6.30. The van der Waals surface area contributed by atoms with Crippen LogP contribution in [0.5, 0.6) is 11.5 Å². The molecule has 0 bridgehead atoms. The molecule has 2 aliphatic rings. The van der Waals surface area contributed by atoms with Crippen LogP contribution in [0.3, 0.4) is 0 Å². The van der Waals surface area contributed by atoms with Crippen LogP contribution in [0.25, 0.3) is 0 Å². The van der Waals surface area contributed by atoms with Crippen LogP contribution in [0.1, 0.15) is 68.4 Å². The van der Waals surface area contributed by atoms with Crippen LogP contribution in [0.4, 0.5) is 0 Å². The average molecular weight is 443 g/mol. The normalized spacial score (nSPS) is 23.8. The Labute approximate surface area is 190 Å². The van der Waals surface area contributed by atoms with Crippen molar-refractivity contribution in [2.45, 2.75) is 57.3 Å². The van der Waals surface area contributed by atoms with Gasteiger partial charge in [-0.3, -0.25) is 9.28 Å². The number of likely N-dealkylation sites (tertiary alicyclic amines) is 1. The van der Waals surface area contributed by atoms with Crippen LogP contribution in [-0.4, -0.2) is 37.3 Å². The van der Waals surface area contributed by atoms with Crippen molar-refractivity contribution in [1.82, 2.24) is 0 Å². The second-order valence-corrected chi connectivity index (χ2v) is 9.77. The van der Waals surface area contributed by atoms with Crippen LogP contribution in [0, 0.1) is 0 Å². The van der Waals surface area contributed by atoms with E-state index in [2.05, 4.69) is 26.1 Å². The van der Waals surface area contributed by atoms with Crippen molar-refractivity contribution >= 4 is 17.6 Å². The molecule has 0 radical (unpaired) electrons. The summed E-state index contributed by atoms with van der Waals surface area (Å²) in [5.41, 5.74) is 2.38. The first-order chi connectivity index (χ1) is 15.0. The number of para-hydroxylation sites is 1. The van der Waals surface area contributed by atoms with Crippen LogP contribution >= 0.6 is 11.6 Å². The molecule has 2 heterocycles. The van der Waals surface area contributed by atoms with Gasteiger partial charge in [-0.15, -0.1) is 0 Å². The highest BCUT2D eigenvalue weighted by Crippen LogP contribution is 2.51. The van der Waals surface area contributed by atoms with Gasteiger partial charge in [-0.2, -0.15) is 0 Å². The Morgan fingerprint density at radius 2 is 1.74 bits per heavy atom. The molecule has 31 heavy (non-hydrogen) atoms. The molecule has 0 aromatic heterocycles. The van der Waals surface area contributed by atoms with Gasteiger partial charge < -0.3 is 9.47 Å². The number of ether oxygens (including phenoxy) is 2. The van der Waals surface area contributed by atoms with E-state index in [1.165, 1.54) is 24.8 Å². The van der Waals surface area contributed by atoms with Crippen molar-refractivity contribution in [3.63, 3.8) is 0 Å². The second kappa shape index (κ2) is 9.62. The van der Waals surface area contributed by atoms with Crippen molar-refractivity contribution in [3.05, 3.63) is 58.6 Å². The summed E-state index contributed by atoms with van der Waals surface area (Å²) in [7, 11) is 2.19. The van der Waals surface area contributed by atoms with E-state index in [-0.39, 0.29) is 11.9 Å². The van der Waals surface area contributed by atoms with Crippen LogP contribution in [0.2, 0.25) is 5.02 Å². The number of halogens is 1. The molecule has 2 unspecified atom stereocenters. The monoisotopic (exact) mass is 442 g/mol. The standard InChI is InChI=1S/C26H33ClNO3/c1-3-4-5-6-7-12-26(29)30-18-28(2)16-22-20-10-8-9-11-24(20)31-25-14-13-19(27)15-21(25)23(22)17-28/h8-11,13-15,22-23H,3-7,12,16-18H2,1-2H3/q+1/t22?,23-,28?/m1/s1. The summed E-state index contributed by atoms with van der Waals surface area (Å²) in [6, 6.07) is 14.2. The molecular formula is C26H33ClNO3+. The molecule has 0 N–H and O–H groups in total. The predicted octanol–water partition coefficient (Wildman–Crippen LogP) is 6.63. The summed E-state index contributed by atoms with van der Waals surface area (Å²) in [4.78, 5) is 12.3. The summed E-state index contributed by atoms with van der Waals surface area (Å²) >= 11 is 6.36. The summed E-state index contributed by atoms with van der Waals surface area (Å²) in [5, 5.41) is 0.725. The molecule has 1 saturated heterocycles. The molecule has 2 aliphatic heterocycles. The summed E-state index contributed by atoms with van der Waals surface area (Å²) in [6.45, 7) is 4.41. The van der Waals surface area contributed by atoms with Gasteiger partial charge in [0.1, 0.15) is 11.5 Å². The lowest BCUT2D eigenvalue weighted by Gasteiger charge is -2.29. The van der Waals surface area contributed by atoms with E-state index >= 15 is 0 Å². The molecule has 166 valence electrons. The SMILES string of the molecule is CCCCCCCC(=O)OC[N+]1(C)CC2c3ccccc3Oc3ccc(Cl)cc3[C@H]2C1. The van der Waals surface area contributed by atoms with Gasteiger partial charge in [0.15, 0.2) is 0 Å². The minimum Gasteiger partial charge on any atom is -0.457 e. The van der Waals surface area contributed by atoms with Gasteiger partial charge in [-0.25, -0.2) is 0 Å². The molecule has 2 aromatic rings. The largest absolute Gasteiger partial charge is 0.457 e. The van der Waals surface area contributed by atoms with E-state index in [9.17, 15) is 4.79 Å². The first-order valence-electron chi connectivity index (χ1n) is 11.5. The van der Waals surface area contributed by atoms with Crippen molar-refractivity contribution < 1.29 is 18.8 Å². The lowest BCUT2D eigenvalue weighted by atomic mass is 9.84. The maximum Gasteiger partial charge on any atom is 0.310 e. The molecule has 4 rings (SSSR count). The van der Waals surface area contributed by atoms with Gasteiger partial charge in [0.25, 0.3) is 0 Å². The lowest BCUT2D eigenvalue weighted by Crippen LogP contribution is -2.44. The lowest BCUT2D eigenvalue weighted by molar-refractivity contribution is -0.915. The van der Waals surface area contributed by atoms with E-state index in [1.54, 1.807) is 0 Å². The van der Waals surface area contributed by atoms with Gasteiger partial charge >= 0.3 is 5.97 Å². The molecule has 5 heteroatoms. The van der Waals surface area contributed by atoms with Gasteiger partial charge in [0, 0.05) is 34.4 Å². The maximum atomic E-state index is 12.3. The third-order valence-corrected chi connectivity index (χ3v) is 6.93. The third-order valence-electron chi connectivity index (χ3n) is 6.69. The minimum absolute atomic E-state index is 0.0740. The molecule has 0 spiro atoms. The summed E-state index contributed by atoms with van der Waals surface area (Å²) in [5.74, 6) is 2.29. The second-order valence-electron chi connectivity index (χ2n) is 9.33. The van der Waals surface area contributed by atoms with E-state index in [0.29, 0.717) is 23.6 Å². The fourth-order valence-corrected chi connectivity index (χ4v) is 5.27. The van der Waals surface area contributed by atoms with Crippen molar-refractivity contribution in [2.24, 2.45) is 0 Å². The number of esters is 1. The Hall–Kier alpha value is -2.04. The molecule has 4 nitrogen and oxygen atoms in total. The highest BCUT2D eigenvalue weighted by atomic mass is 35.5. The number of carbonyl (C=O) groups excluding carboxylic acids is 1. The van der Waals surface area contributed by atoms with E-state index in [4.69, 9.17) is 21.1 Å². The highest BCUT2D eigenvalue weighted by Gasteiger charge is 2.48. The number of rotatable bonds is 8. The smallest absolute Gasteiger partial charge is 0.310 e. The molecule has 3 atom stereocenters. The van der Waals surface area contributed by atoms with Crippen molar-refractivity contribution in [2.75, 3.05) is 26.9 Å². The van der Waals surface area contributed by atoms with Crippen LogP contribution < -0.4 is 4.74 Å². The van der Waals surface area contributed by atoms with E-state index in [1.807, 2.05) is 30.3 Å². The Bertz CT molecular complexity index is 931. The minimum atomic E-state index is -0.0740. The van der Waals surface area contributed by atoms with Crippen LogP contribution in [-0.2, 0) is 9.53 Å².